The Hall–Kier alpha value is 0.0899. The van der Waals surface area contributed by atoms with Crippen molar-refractivity contribution in [3.63, 3.8) is 0 Å². The molecule has 0 aliphatic carbocycles. The molecule has 1 nitrogen and oxygen atoms in total. The van der Waals surface area contributed by atoms with Gasteiger partial charge in [-0.25, -0.2) is 0 Å². The van der Waals surface area contributed by atoms with E-state index in [0.717, 1.165) is 0 Å². The van der Waals surface area contributed by atoms with E-state index in [4.69, 9.17) is 0 Å². The minimum atomic E-state index is 0.468. The summed E-state index contributed by atoms with van der Waals surface area (Å²) < 4.78 is 0. The molecule has 1 rings (SSSR count). The molecule has 0 N–H and O–H groups in total. The molecule has 0 saturated carbocycles. The van der Waals surface area contributed by atoms with Gasteiger partial charge in [-0.05, 0) is 39.3 Å². The third kappa shape index (κ3) is 6.80. The highest BCUT2D eigenvalue weighted by Gasteiger charge is 2.38. The molecule has 1 aliphatic heterocycles. The Labute approximate surface area is 136 Å². The highest BCUT2D eigenvalue weighted by atomic mass is 15.2. The maximum absolute atomic E-state index is 2.84. The molecule has 0 spiro atoms. The molecule has 0 bridgehead atoms. The topological polar surface area (TPSA) is 3.24 Å². The number of unbranched alkanes of at least 4 members (excludes halogenated alkanes) is 6. The molecular formula is C18H39B2N. The molecular weight excluding hydrogens is 252 g/mol. The summed E-state index contributed by atoms with van der Waals surface area (Å²) in [7, 11) is 4.89. The Morgan fingerprint density at radius 1 is 0.905 bits per heavy atom. The molecule has 21 heavy (non-hydrogen) atoms. The molecule has 1 aliphatic rings. The van der Waals surface area contributed by atoms with E-state index in [0.29, 0.717) is 10.8 Å². The normalized spacial score (nSPS) is 19.2. The molecule has 0 radical (unpaired) electrons. The molecule has 0 aromatic rings. The predicted octanol–water partition coefficient (Wildman–Crippen LogP) is 3.77. The molecule has 0 unspecified atom stereocenters. The van der Waals surface area contributed by atoms with Crippen molar-refractivity contribution in [2.24, 2.45) is 0 Å². The van der Waals surface area contributed by atoms with Gasteiger partial charge in [0.2, 0.25) is 0 Å². The second-order valence-electron chi connectivity index (χ2n) is 8.45. The molecule has 3 heteroatoms. The Bertz CT molecular complexity index is 266. The first kappa shape index (κ1) is 19.1. The highest BCUT2D eigenvalue weighted by molar-refractivity contribution is 6.40. The molecule has 1 saturated heterocycles. The standard InChI is InChI=1S/C18H39B2N/c1-4-6-8-10-12-17(3,13-11-9-7-5-2)21-15-14-18(19,20)16-21/h4-16,19-20H2,1-3H3. The van der Waals surface area contributed by atoms with Crippen molar-refractivity contribution in [3.05, 3.63) is 0 Å². The van der Waals surface area contributed by atoms with Crippen molar-refractivity contribution in [2.45, 2.75) is 102 Å². The van der Waals surface area contributed by atoms with Crippen molar-refractivity contribution >= 4 is 15.7 Å². The zero-order valence-electron chi connectivity index (χ0n) is 15.6. The summed E-state index contributed by atoms with van der Waals surface area (Å²) in [5, 5.41) is 0.536. The van der Waals surface area contributed by atoms with Crippen LogP contribution in [0.4, 0.5) is 0 Å². The first-order valence-corrected chi connectivity index (χ1v) is 9.68. The van der Waals surface area contributed by atoms with Gasteiger partial charge in [0.1, 0.15) is 15.7 Å². The number of nitrogens with zero attached hydrogens (tertiary/aromatic N) is 1. The van der Waals surface area contributed by atoms with Crippen LogP contribution in [0.15, 0.2) is 0 Å². The molecule has 1 fully saturated rings. The largest absolute Gasteiger partial charge is 0.299 e. The molecule has 0 aromatic heterocycles. The lowest BCUT2D eigenvalue weighted by molar-refractivity contribution is 0.106. The summed E-state index contributed by atoms with van der Waals surface area (Å²) in [4.78, 5) is 2.84. The smallest absolute Gasteiger partial charge is 0.101 e. The van der Waals surface area contributed by atoms with Crippen LogP contribution >= 0.6 is 0 Å². The van der Waals surface area contributed by atoms with Gasteiger partial charge < -0.3 is 0 Å². The van der Waals surface area contributed by atoms with E-state index < -0.39 is 0 Å². The van der Waals surface area contributed by atoms with Crippen LogP contribution in [0.5, 0.6) is 0 Å². The van der Waals surface area contributed by atoms with Gasteiger partial charge in [-0.3, -0.25) is 4.90 Å². The summed E-state index contributed by atoms with van der Waals surface area (Å²) in [5.41, 5.74) is 0.468. The number of rotatable bonds is 11. The Morgan fingerprint density at radius 3 is 1.81 bits per heavy atom. The molecule has 0 amide bonds. The van der Waals surface area contributed by atoms with Gasteiger partial charge in [0.25, 0.3) is 0 Å². The maximum Gasteiger partial charge on any atom is 0.101 e. The first-order valence-electron chi connectivity index (χ1n) is 9.68. The fourth-order valence-corrected chi connectivity index (χ4v) is 3.88. The summed E-state index contributed by atoms with van der Waals surface area (Å²) in [6, 6.07) is 0. The first-order chi connectivity index (χ1) is 9.93. The zero-order chi connectivity index (χ0) is 15.8. The van der Waals surface area contributed by atoms with Crippen molar-refractivity contribution in [2.75, 3.05) is 13.1 Å². The van der Waals surface area contributed by atoms with Crippen LogP contribution in [0.3, 0.4) is 0 Å². The SMILES string of the molecule is BC1(B)CCN(C(C)(CCCCCC)CCCCCC)C1. The fraction of sp³-hybridized carbons (Fsp3) is 1.00. The van der Waals surface area contributed by atoms with Crippen LogP contribution in [0.25, 0.3) is 0 Å². The predicted molar refractivity (Wildman–Crippen MR) is 102 cm³/mol. The average molecular weight is 291 g/mol. The summed E-state index contributed by atoms with van der Waals surface area (Å²) >= 11 is 0. The van der Waals surface area contributed by atoms with Crippen LogP contribution in [0.2, 0.25) is 5.21 Å². The Morgan fingerprint density at radius 2 is 1.43 bits per heavy atom. The van der Waals surface area contributed by atoms with E-state index in [1.807, 2.05) is 0 Å². The second kappa shape index (κ2) is 9.28. The minimum absolute atomic E-state index is 0.468. The van der Waals surface area contributed by atoms with Gasteiger partial charge in [-0.15, -0.1) is 0 Å². The third-order valence-corrected chi connectivity index (χ3v) is 5.58. The lowest BCUT2D eigenvalue weighted by atomic mass is 9.54. The summed E-state index contributed by atoms with van der Waals surface area (Å²) in [5.74, 6) is 0. The lowest BCUT2D eigenvalue weighted by Crippen LogP contribution is -2.45. The minimum Gasteiger partial charge on any atom is -0.299 e. The van der Waals surface area contributed by atoms with Gasteiger partial charge in [0.15, 0.2) is 0 Å². The third-order valence-electron chi connectivity index (χ3n) is 5.58. The van der Waals surface area contributed by atoms with E-state index in [2.05, 4.69) is 41.4 Å². The zero-order valence-corrected chi connectivity index (χ0v) is 15.6. The van der Waals surface area contributed by atoms with Crippen molar-refractivity contribution < 1.29 is 0 Å². The van der Waals surface area contributed by atoms with E-state index >= 15 is 0 Å². The summed E-state index contributed by atoms with van der Waals surface area (Å²) in [6.07, 6.45) is 15.4. The van der Waals surface area contributed by atoms with Crippen molar-refractivity contribution in [1.29, 1.82) is 0 Å². The number of hydrogen-bond acceptors (Lipinski definition) is 1. The van der Waals surface area contributed by atoms with Gasteiger partial charge >= 0.3 is 0 Å². The number of likely N-dealkylation sites (tertiary alicyclic amines) is 1. The van der Waals surface area contributed by atoms with E-state index in [9.17, 15) is 0 Å². The molecule has 1 heterocycles. The highest BCUT2D eigenvalue weighted by Crippen LogP contribution is 2.39. The van der Waals surface area contributed by atoms with Crippen LogP contribution in [-0.2, 0) is 0 Å². The average Bonchev–Trinajstić information content (AvgIpc) is 2.81. The van der Waals surface area contributed by atoms with Gasteiger partial charge in [-0.2, -0.15) is 0 Å². The van der Waals surface area contributed by atoms with E-state index in [1.165, 1.54) is 83.7 Å². The van der Waals surface area contributed by atoms with Gasteiger partial charge in [0.05, 0.1) is 0 Å². The van der Waals surface area contributed by atoms with Crippen molar-refractivity contribution in [1.82, 2.24) is 4.90 Å². The van der Waals surface area contributed by atoms with Crippen LogP contribution in [0.1, 0.15) is 91.4 Å². The molecule has 0 aromatic carbocycles. The second-order valence-corrected chi connectivity index (χ2v) is 8.45. The van der Waals surface area contributed by atoms with Gasteiger partial charge in [-0.1, -0.05) is 70.4 Å². The quantitative estimate of drug-likeness (QED) is 0.414. The van der Waals surface area contributed by atoms with Crippen LogP contribution in [-0.4, -0.2) is 39.2 Å². The Balaban J connectivity index is 2.51. The van der Waals surface area contributed by atoms with E-state index in [1.54, 1.807) is 0 Å². The van der Waals surface area contributed by atoms with Gasteiger partial charge in [0, 0.05) is 5.54 Å². The number of hydrogen-bond donors (Lipinski definition) is 0. The summed E-state index contributed by atoms with van der Waals surface area (Å²) in [6.45, 7) is 9.82. The molecule has 0 atom stereocenters. The maximum atomic E-state index is 2.84. The van der Waals surface area contributed by atoms with Crippen molar-refractivity contribution in [3.8, 4) is 0 Å². The van der Waals surface area contributed by atoms with Crippen LogP contribution in [0, 0.1) is 0 Å². The monoisotopic (exact) mass is 291 g/mol. The fourth-order valence-electron chi connectivity index (χ4n) is 3.88. The van der Waals surface area contributed by atoms with Crippen LogP contribution < -0.4 is 0 Å². The molecule has 122 valence electrons. The lowest BCUT2D eigenvalue weighted by Gasteiger charge is -2.40. The van der Waals surface area contributed by atoms with E-state index in [-0.39, 0.29) is 0 Å². The Kier molecular flexibility index (Phi) is 8.46.